The van der Waals surface area contributed by atoms with Crippen LogP contribution in [0, 0.1) is 0 Å². The second kappa shape index (κ2) is 6.91. The number of benzene rings is 1. The highest BCUT2D eigenvalue weighted by molar-refractivity contribution is 5.97. The Balaban J connectivity index is 1.79. The summed E-state index contributed by atoms with van der Waals surface area (Å²) in [4.78, 5) is 21.1. The highest BCUT2D eigenvalue weighted by atomic mass is 16.3. The van der Waals surface area contributed by atoms with Gasteiger partial charge in [0.2, 0.25) is 5.95 Å². The zero-order chi connectivity index (χ0) is 16.2. The minimum Gasteiger partial charge on any atom is -0.394 e. The fourth-order valence-corrected chi connectivity index (χ4v) is 2.51. The number of hydrogen-bond donors (Lipinski definition) is 3. The lowest BCUT2D eigenvalue weighted by Crippen LogP contribution is -2.36. The molecule has 1 saturated carbocycles. The molecule has 1 aromatic carbocycles. The van der Waals surface area contributed by atoms with Crippen LogP contribution in [0.2, 0.25) is 0 Å². The number of fused-ring (bicyclic) bond motifs is 1. The molecule has 0 unspecified atom stereocenters. The predicted octanol–water partition coefficient (Wildman–Crippen LogP) is 2.09. The number of carbonyl (C=O) groups is 1. The van der Waals surface area contributed by atoms with Crippen LogP contribution in [0.5, 0.6) is 0 Å². The third kappa shape index (κ3) is 3.59. The molecule has 1 amide bonds. The van der Waals surface area contributed by atoms with E-state index in [9.17, 15) is 9.90 Å². The van der Waals surface area contributed by atoms with E-state index in [1.54, 1.807) is 18.3 Å². The van der Waals surface area contributed by atoms with E-state index in [-0.39, 0.29) is 18.6 Å². The van der Waals surface area contributed by atoms with Gasteiger partial charge in [0, 0.05) is 23.2 Å². The summed E-state index contributed by atoms with van der Waals surface area (Å²) < 4.78 is 0. The summed E-state index contributed by atoms with van der Waals surface area (Å²) in [6, 6.07) is 5.61. The van der Waals surface area contributed by atoms with Crippen LogP contribution in [0.4, 0.5) is 5.95 Å². The third-order valence-corrected chi connectivity index (χ3v) is 4.33. The molecule has 23 heavy (non-hydrogen) atoms. The Hall–Kier alpha value is -2.21. The van der Waals surface area contributed by atoms with Gasteiger partial charge in [0.15, 0.2) is 0 Å². The number of carbonyl (C=O) groups excluding carboxylic acids is 1. The number of nitrogens with zero attached hydrogens (tertiary/aromatic N) is 2. The number of amides is 1. The van der Waals surface area contributed by atoms with Crippen LogP contribution in [-0.2, 0) is 0 Å². The van der Waals surface area contributed by atoms with E-state index in [1.807, 2.05) is 13.0 Å². The largest absolute Gasteiger partial charge is 0.394 e. The normalized spacial score (nSPS) is 15.9. The molecule has 1 fully saturated rings. The van der Waals surface area contributed by atoms with Gasteiger partial charge in [-0.25, -0.2) is 9.97 Å². The number of hydrogen-bond acceptors (Lipinski definition) is 5. The summed E-state index contributed by atoms with van der Waals surface area (Å²) in [5, 5.41) is 16.2. The molecule has 0 spiro atoms. The van der Waals surface area contributed by atoms with Crippen molar-refractivity contribution in [3.05, 3.63) is 30.0 Å². The van der Waals surface area contributed by atoms with Gasteiger partial charge in [0.25, 0.3) is 5.91 Å². The number of aliphatic hydroxyl groups is 1. The first-order valence-electron chi connectivity index (χ1n) is 8.14. The molecule has 1 atom stereocenters. The minimum absolute atomic E-state index is 0.0621. The van der Waals surface area contributed by atoms with Crippen molar-refractivity contribution in [2.24, 2.45) is 0 Å². The maximum atomic E-state index is 12.3. The quantitative estimate of drug-likeness (QED) is 0.760. The molecule has 1 aromatic heterocycles. The smallest absolute Gasteiger partial charge is 0.251 e. The molecular weight excluding hydrogens is 292 g/mol. The van der Waals surface area contributed by atoms with Crippen LogP contribution in [0.1, 0.15) is 43.0 Å². The first-order valence-corrected chi connectivity index (χ1v) is 8.14. The molecule has 1 aliphatic rings. The maximum absolute atomic E-state index is 12.3. The predicted molar refractivity (Wildman–Crippen MR) is 89.4 cm³/mol. The molecule has 0 saturated heterocycles. The molecular formula is C17H22N4O2. The summed E-state index contributed by atoms with van der Waals surface area (Å²) in [5.74, 6) is 0.418. The van der Waals surface area contributed by atoms with Crippen molar-refractivity contribution in [3.8, 4) is 0 Å². The molecule has 0 radical (unpaired) electrons. The van der Waals surface area contributed by atoms with Gasteiger partial charge in [-0.3, -0.25) is 4.79 Å². The first kappa shape index (κ1) is 15.7. The Morgan fingerprint density at radius 1 is 1.43 bits per heavy atom. The van der Waals surface area contributed by atoms with Crippen LogP contribution in [0.3, 0.4) is 0 Å². The van der Waals surface area contributed by atoms with Crippen molar-refractivity contribution < 1.29 is 9.90 Å². The van der Waals surface area contributed by atoms with Crippen LogP contribution in [0.25, 0.3) is 10.9 Å². The number of nitrogens with one attached hydrogen (secondary N) is 2. The van der Waals surface area contributed by atoms with Crippen LogP contribution < -0.4 is 10.6 Å². The van der Waals surface area contributed by atoms with Gasteiger partial charge < -0.3 is 15.7 Å². The summed E-state index contributed by atoms with van der Waals surface area (Å²) in [6.07, 6.45) is 6.02. The standard InChI is InChI=1S/C17H22N4O2/c1-2-13(10-22)19-16(23)11-6-7-12-9-18-17(21-15(12)8-11)20-14-4-3-5-14/h6-9,13-14,22H,2-5,10H2,1H3,(H,19,23)(H,18,20,21)/t13-/m0/s1. The second-order valence-electron chi connectivity index (χ2n) is 6.00. The molecule has 122 valence electrons. The van der Waals surface area contributed by atoms with E-state index in [0.29, 0.717) is 24.0 Å². The van der Waals surface area contributed by atoms with E-state index in [1.165, 1.54) is 6.42 Å². The van der Waals surface area contributed by atoms with Crippen molar-refractivity contribution in [2.45, 2.75) is 44.7 Å². The monoisotopic (exact) mass is 314 g/mol. The van der Waals surface area contributed by atoms with Crippen molar-refractivity contribution in [2.75, 3.05) is 11.9 Å². The summed E-state index contributed by atoms with van der Waals surface area (Å²) >= 11 is 0. The van der Waals surface area contributed by atoms with Crippen LogP contribution in [0.15, 0.2) is 24.4 Å². The van der Waals surface area contributed by atoms with Crippen molar-refractivity contribution in [3.63, 3.8) is 0 Å². The fraction of sp³-hybridized carbons (Fsp3) is 0.471. The average molecular weight is 314 g/mol. The van der Waals surface area contributed by atoms with Gasteiger partial charge in [-0.15, -0.1) is 0 Å². The molecule has 6 heteroatoms. The van der Waals surface area contributed by atoms with E-state index in [4.69, 9.17) is 0 Å². The molecule has 3 rings (SSSR count). The zero-order valence-corrected chi connectivity index (χ0v) is 13.2. The second-order valence-corrected chi connectivity index (χ2v) is 6.00. The third-order valence-electron chi connectivity index (χ3n) is 4.33. The molecule has 3 N–H and O–H groups in total. The van der Waals surface area contributed by atoms with Gasteiger partial charge >= 0.3 is 0 Å². The summed E-state index contributed by atoms with van der Waals surface area (Å²) in [7, 11) is 0. The fourth-order valence-electron chi connectivity index (χ4n) is 2.51. The molecule has 2 aromatic rings. The van der Waals surface area contributed by atoms with E-state index in [0.717, 1.165) is 23.7 Å². The maximum Gasteiger partial charge on any atom is 0.251 e. The summed E-state index contributed by atoms with van der Waals surface area (Å²) in [6.45, 7) is 1.86. The first-order chi connectivity index (χ1) is 11.2. The molecule has 6 nitrogen and oxygen atoms in total. The highest BCUT2D eigenvalue weighted by Gasteiger charge is 2.18. The zero-order valence-electron chi connectivity index (χ0n) is 13.2. The number of anilines is 1. The van der Waals surface area contributed by atoms with Gasteiger partial charge in [0.05, 0.1) is 18.2 Å². The Bertz CT molecular complexity index is 696. The summed E-state index contributed by atoms with van der Waals surface area (Å²) in [5.41, 5.74) is 1.28. The number of aliphatic hydroxyl groups excluding tert-OH is 1. The van der Waals surface area contributed by atoms with Crippen LogP contribution in [-0.4, -0.2) is 39.7 Å². The Kier molecular flexibility index (Phi) is 4.71. The SMILES string of the molecule is CC[C@@H](CO)NC(=O)c1ccc2cnc(NC3CCC3)nc2c1. The number of rotatable bonds is 6. The lowest BCUT2D eigenvalue weighted by Gasteiger charge is -2.26. The van der Waals surface area contributed by atoms with E-state index < -0.39 is 0 Å². The average Bonchev–Trinajstić information content (AvgIpc) is 2.55. The van der Waals surface area contributed by atoms with Crippen molar-refractivity contribution in [1.82, 2.24) is 15.3 Å². The Morgan fingerprint density at radius 2 is 2.26 bits per heavy atom. The van der Waals surface area contributed by atoms with Crippen molar-refractivity contribution >= 4 is 22.8 Å². The lowest BCUT2D eigenvalue weighted by atomic mass is 9.93. The molecule has 0 aliphatic heterocycles. The lowest BCUT2D eigenvalue weighted by molar-refractivity contribution is 0.0915. The van der Waals surface area contributed by atoms with Gasteiger partial charge in [-0.1, -0.05) is 13.0 Å². The Labute approximate surface area is 135 Å². The van der Waals surface area contributed by atoms with E-state index in [2.05, 4.69) is 20.6 Å². The minimum atomic E-state index is -0.223. The van der Waals surface area contributed by atoms with Gasteiger partial charge in [-0.2, -0.15) is 0 Å². The molecule has 0 bridgehead atoms. The molecule has 1 aliphatic carbocycles. The van der Waals surface area contributed by atoms with Crippen LogP contribution >= 0.6 is 0 Å². The van der Waals surface area contributed by atoms with Gasteiger partial charge in [0.1, 0.15) is 0 Å². The van der Waals surface area contributed by atoms with Gasteiger partial charge in [-0.05, 0) is 37.8 Å². The highest BCUT2D eigenvalue weighted by Crippen LogP contribution is 2.22. The van der Waals surface area contributed by atoms with E-state index >= 15 is 0 Å². The number of aromatic nitrogens is 2. The topological polar surface area (TPSA) is 87.1 Å². The Morgan fingerprint density at radius 3 is 2.91 bits per heavy atom. The molecule has 1 heterocycles. The van der Waals surface area contributed by atoms with Crippen molar-refractivity contribution in [1.29, 1.82) is 0 Å².